The van der Waals surface area contributed by atoms with Crippen LogP contribution in [0.15, 0.2) is 39.6 Å². The Kier molecular flexibility index (Phi) is 5.92. The molecule has 1 fully saturated rings. The molecular weight excluding hydrogens is 389 g/mol. The summed E-state index contributed by atoms with van der Waals surface area (Å²) in [6.45, 7) is 0.739. The number of rotatable bonds is 3. The lowest BCUT2D eigenvalue weighted by Crippen LogP contribution is -2.38. The van der Waals surface area contributed by atoms with Gasteiger partial charge >= 0.3 is 6.18 Å². The molecule has 3 rings (SSSR count). The zero-order chi connectivity index (χ0) is 16.4. The van der Waals surface area contributed by atoms with Crippen molar-refractivity contribution in [3.05, 3.63) is 57.6 Å². The fourth-order valence-corrected chi connectivity index (χ4v) is 3.08. The average molecular weight is 407 g/mol. The number of piperidine rings is 1. The standard InChI is InChI=1S/C16H17F3N2O2.BrH/c17-16(18,19)12-3-1-2-10(6-12)7-13-8-11(4-5-20-13)14-9-15(22)21-23-14;/h1-3,6,9,11,13,20H,4-5,7-8H2,(H,21,22);1H. The Bertz CT molecular complexity index is 726. The number of aromatic nitrogens is 1. The summed E-state index contributed by atoms with van der Waals surface area (Å²) < 4.78 is 43.5. The number of alkyl halides is 3. The third-order valence-electron chi connectivity index (χ3n) is 4.18. The maximum absolute atomic E-state index is 12.8. The molecule has 132 valence electrons. The van der Waals surface area contributed by atoms with Gasteiger partial charge in [-0.15, -0.1) is 17.0 Å². The Labute approximate surface area is 147 Å². The highest BCUT2D eigenvalue weighted by Crippen LogP contribution is 2.31. The van der Waals surface area contributed by atoms with Gasteiger partial charge < -0.3 is 9.84 Å². The van der Waals surface area contributed by atoms with Crippen LogP contribution >= 0.6 is 17.0 Å². The number of H-pyrrole nitrogens is 1. The van der Waals surface area contributed by atoms with Gasteiger partial charge in [0.15, 0.2) is 0 Å². The van der Waals surface area contributed by atoms with E-state index < -0.39 is 11.7 Å². The van der Waals surface area contributed by atoms with Crippen LogP contribution < -0.4 is 10.9 Å². The summed E-state index contributed by atoms with van der Waals surface area (Å²) in [6.07, 6.45) is -2.26. The number of benzene rings is 1. The van der Waals surface area contributed by atoms with E-state index in [2.05, 4.69) is 10.5 Å². The molecule has 2 heterocycles. The third kappa shape index (κ3) is 4.51. The van der Waals surface area contributed by atoms with Crippen LogP contribution in [0, 0.1) is 0 Å². The van der Waals surface area contributed by atoms with Crippen LogP contribution in [0.5, 0.6) is 0 Å². The summed E-state index contributed by atoms with van der Waals surface area (Å²) in [7, 11) is 0. The van der Waals surface area contributed by atoms with Gasteiger partial charge in [0.2, 0.25) is 0 Å². The zero-order valence-electron chi connectivity index (χ0n) is 12.7. The fraction of sp³-hybridized carbons (Fsp3) is 0.438. The molecule has 2 unspecified atom stereocenters. The molecule has 2 N–H and O–H groups in total. The second-order valence-corrected chi connectivity index (χ2v) is 5.89. The van der Waals surface area contributed by atoms with Crippen LogP contribution in [-0.4, -0.2) is 17.7 Å². The van der Waals surface area contributed by atoms with Gasteiger partial charge in [0.1, 0.15) is 5.76 Å². The van der Waals surface area contributed by atoms with Crippen molar-refractivity contribution < 1.29 is 17.7 Å². The first-order valence-electron chi connectivity index (χ1n) is 7.50. The normalized spacial score (nSPS) is 21.3. The Hall–Kier alpha value is -1.54. The Balaban J connectivity index is 0.00000208. The van der Waals surface area contributed by atoms with Crippen molar-refractivity contribution in [1.29, 1.82) is 0 Å². The van der Waals surface area contributed by atoms with Gasteiger partial charge in [-0.25, -0.2) is 0 Å². The van der Waals surface area contributed by atoms with E-state index >= 15 is 0 Å². The van der Waals surface area contributed by atoms with Gasteiger partial charge in [0, 0.05) is 18.0 Å². The van der Waals surface area contributed by atoms with E-state index in [1.54, 1.807) is 6.07 Å². The molecule has 1 aliphatic heterocycles. The van der Waals surface area contributed by atoms with Gasteiger partial charge in [-0.05, 0) is 37.4 Å². The minimum atomic E-state index is -4.33. The number of aromatic amines is 1. The summed E-state index contributed by atoms with van der Waals surface area (Å²) in [5.74, 6) is 0.719. The van der Waals surface area contributed by atoms with Crippen molar-refractivity contribution in [3.63, 3.8) is 0 Å². The first kappa shape index (κ1) is 18.8. The Morgan fingerprint density at radius 2 is 2.04 bits per heavy atom. The SMILES string of the molecule is Br.O=c1cc(C2CCNC(Cc3cccc(C(F)(F)F)c3)C2)o[nH]1. The smallest absolute Gasteiger partial charge is 0.383 e. The van der Waals surface area contributed by atoms with E-state index in [9.17, 15) is 18.0 Å². The second kappa shape index (κ2) is 7.57. The monoisotopic (exact) mass is 406 g/mol. The number of hydrogen-bond donors (Lipinski definition) is 2. The molecular formula is C16H18BrF3N2O2. The molecule has 0 saturated carbocycles. The van der Waals surface area contributed by atoms with Gasteiger partial charge in [0.05, 0.1) is 5.56 Å². The second-order valence-electron chi connectivity index (χ2n) is 5.89. The summed E-state index contributed by atoms with van der Waals surface area (Å²) in [4.78, 5) is 11.2. The summed E-state index contributed by atoms with van der Waals surface area (Å²) >= 11 is 0. The third-order valence-corrected chi connectivity index (χ3v) is 4.18. The van der Waals surface area contributed by atoms with E-state index in [-0.39, 0.29) is 34.5 Å². The Morgan fingerprint density at radius 1 is 1.25 bits per heavy atom. The quantitative estimate of drug-likeness (QED) is 0.817. The molecule has 24 heavy (non-hydrogen) atoms. The zero-order valence-corrected chi connectivity index (χ0v) is 14.4. The van der Waals surface area contributed by atoms with E-state index in [0.29, 0.717) is 17.7 Å². The van der Waals surface area contributed by atoms with E-state index in [1.807, 2.05) is 0 Å². The van der Waals surface area contributed by atoms with Crippen molar-refractivity contribution >= 4 is 17.0 Å². The van der Waals surface area contributed by atoms with E-state index in [0.717, 1.165) is 25.5 Å². The van der Waals surface area contributed by atoms with Crippen molar-refractivity contribution in [2.75, 3.05) is 6.54 Å². The van der Waals surface area contributed by atoms with Crippen LogP contribution in [0.25, 0.3) is 0 Å². The lowest BCUT2D eigenvalue weighted by atomic mass is 9.87. The molecule has 0 bridgehead atoms. The van der Waals surface area contributed by atoms with Crippen LogP contribution in [0.1, 0.15) is 35.6 Å². The molecule has 4 nitrogen and oxygen atoms in total. The largest absolute Gasteiger partial charge is 0.416 e. The predicted octanol–water partition coefficient (Wildman–Crippen LogP) is 3.64. The minimum Gasteiger partial charge on any atom is -0.383 e. The fourth-order valence-electron chi connectivity index (χ4n) is 3.08. The topological polar surface area (TPSA) is 58.0 Å². The number of hydrogen-bond acceptors (Lipinski definition) is 3. The van der Waals surface area contributed by atoms with Crippen molar-refractivity contribution in [2.24, 2.45) is 0 Å². The van der Waals surface area contributed by atoms with Crippen LogP contribution in [-0.2, 0) is 12.6 Å². The summed E-state index contributed by atoms with van der Waals surface area (Å²) in [5, 5.41) is 5.60. The molecule has 1 aromatic carbocycles. The van der Waals surface area contributed by atoms with Crippen LogP contribution in [0.3, 0.4) is 0 Å². The van der Waals surface area contributed by atoms with Crippen molar-refractivity contribution in [3.8, 4) is 0 Å². The molecule has 0 spiro atoms. The number of nitrogens with one attached hydrogen (secondary N) is 2. The summed E-state index contributed by atoms with van der Waals surface area (Å²) in [6, 6.07) is 6.91. The maximum atomic E-state index is 12.8. The molecule has 0 aliphatic carbocycles. The lowest BCUT2D eigenvalue weighted by Gasteiger charge is -2.29. The molecule has 2 atom stereocenters. The lowest BCUT2D eigenvalue weighted by molar-refractivity contribution is -0.137. The first-order chi connectivity index (χ1) is 10.9. The molecule has 8 heteroatoms. The summed E-state index contributed by atoms with van der Waals surface area (Å²) in [5.41, 5.74) is -0.250. The van der Waals surface area contributed by atoms with Crippen LogP contribution in [0.2, 0.25) is 0 Å². The van der Waals surface area contributed by atoms with E-state index in [4.69, 9.17) is 4.52 Å². The highest BCUT2D eigenvalue weighted by atomic mass is 79.9. The van der Waals surface area contributed by atoms with Gasteiger partial charge in [0.25, 0.3) is 5.56 Å². The highest BCUT2D eigenvalue weighted by molar-refractivity contribution is 8.93. The van der Waals surface area contributed by atoms with Gasteiger partial charge in [-0.2, -0.15) is 18.3 Å². The van der Waals surface area contributed by atoms with Gasteiger partial charge in [-0.1, -0.05) is 18.2 Å². The molecule has 1 aliphatic rings. The molecule has 1 saturated heterocycles. The minimum absolute atomic E-state index is 0. The molecule has 1 aromatic heterocycles. The average Bonchev–Trinajstić information content (AvgIpc) is 2.94. The molecule has 0 amide bonds. The Morgan fingerprint density at radius 3 is 2.71 bits per heavy atom. The van der Waals surface area contributed by atoms with Crippen LogP contribution in [0.4, 0.5) is 13.2 Å². The molecule has 0 radical (unpaired) electrons. The number of halogens is 4. The molecule has 2 aromatic rings. The maximum Gasteiger partial charge on any atom is 0.416 e. The first-order valence-corrected chi connectivity index (χ1v) is 7.50. The highest BCUT2D eigenvalue weighted by Gasteiger charge is 2.31. The predicted molar refractivity (Wildman–Crippen MR) is 88.6 cm³/mol. The van der Waals surface area contributed by atoms with Crippen molar-refractivity contribution in [1.82, 2.24) is 10.5 Å². The van der Waals surface area contributed by atoms with E-state index in [1.165, 1.54) is 18.2 Å². The van der Waals surface area contributed by atoms with Crippen molar-refractivity contribution in [2.45, 2.75) is 37.4 Å². The van der Waals surface area contributed by atoms with Gasteiger partial charge in [-0.3, -0.25) is 4.79 Å².